The standard InChI is InChI=1S/C61H83N9O15/c1-5-8-9-10-11-12-13-14-15-16-17-18-19-25-51(71)62-32-21-20-23-45(63-54(75)43-34-39-26-28-41(68(6-2)7-3)36-49(39)84-60(43)81)56(77)66-67-57(78)47(38-53(73)74)65-58(79)48-24-22-33-69-52(72)31-30-46(59(80)70(48)69)64-55(76)44-35-40-27-29-42(83-4)37-50(40)85-61(44)82/h26-29,34-37,45-48H,5-25,30-33,38H2,1-4H3,(H,62,71)(H,63,75)(H,64,76)(H,65,79)(H,66,77)(H,67,78)(H,73,74)/t45-,46+,47+,48+/m1/s1. The molecule has 0 radical (unpaired) electrons. The molecule has 2 aromatic heterocycles. The molecule has 0 aliphatic carbocycles. The van der Waals surface area contributed by atoms with Gasteiger partial charge in [-0.05, 0) is 95.2 Å². The Morgan fingerprint density at radius 1 is 0.682 bits per heavy atom. The van der Waals surface area contributed by atoms with E-state index < -0.39 is 100 Å². The van der Waals surface area contributed by atoms with E-state index in [1.54, 1.807) is 24.3 Å². The smallest absolute Gasteiger partial charge is 0.349 e. The van der Waals surface area contributed by atoms with Crippen molar-refractivity contribution in [3.8, 4) is 5.75 Å². The van der Waals surface area contributed by atoms with Crippen molar-refractivity contribution in [2.24, 2.45) is 0 Å². The second-order valence-corrected chi connectivity index (χ2v) is 21.6. The minimum Gasteiger partial charge on any atom is -0.497 e. The topological polar surface area (TPSA) is 325 Å². The highest BCUT2D eigenvalue weighted by atomic mass is 16.5. The second-order valence-electron chi connectivity index (χ2n) is 21.6. The van der Waals surface area contributed by atoms with Gasteiger partial charge in [-0.2, -0.15) is 0 Å². The average Bonchev–Trinajstić information content (AvgIpc) is 3.67. The summed E-state index contributed by atoms with van der Waals surface area (Å²) in [5.74, 6) is -7.94. The molecule has 4 aromatic rings. The van der Waals surface area contributed by atoms with Crippen LogP contribution in [0.25, 0.3) is 21.9 Å². The number of amides is 8. The quantitative estimate of drug-likeness (QED) is 0.0162. The Hall–Kier alpha value is -8.31. The van der Waals surface area contributed by atoms with Crippen LogP contribution < -0.4 is 53.0 Å². The molecular formula is C61H83N9O15. The van der Waals surface area contributed by atoms with E-state index >= 15 is 0 Å². The van der Waals surface area contributed by atoms with Crippen LogP contribution in [0.15, 0.2) is 67.0 Å². The van der Waals surface area contributed by atoms with Crippen molar-refractivity contribution in [2.45, 2.75) is 186 Å². The molecular weight excluding hydrogens is 1100 g/mol. The number of hydrogen-bond acceptors (Lipinski definition) is 15. The first-order valence-corrected chi connectivity index (χ1v) is 30.0. The Morgan fingerprint density at radius 3 is 1.88 bits per heavy atom. The number of carbonyl (C=O) groups excluding carboxylic acids is 8. The summed E-state index contributed by atoms with van der Waals surface area (Å²) in [6, 6.07) is 6.20. The van der Waals surface area contributed by atoms with Gasteiger partial charge in [0.2, 0.25) is 17.7 Å². The van der Waals surface area contributed by atoms with Gasteiger partial charge in [0.05, 0.1) is 13.5 Å². The van der Waals surface area contributed by atoms with Crippen molar-refractivity contribution in [3.05, 3.63) is 80.5 Å². The van der Waals surface area contributed by atoms with Crippen molar-refractivity contribution < 1.29 is 61.8 Å². The van der Waals surface area contributed by atoms with E-state index in [9.17, 15) is 57.8 Å². The SMILES string of the molecule is CCCCCCCCCCCCCCCC(=O)NCCCC[C@@H](NC(=O)c1cc2ccc(N(CC)CC)cc2oc1=O)C(=O)NNC(=O)[C@H](CC(=O)O)NC(=O)[C@@H]1CCCN2C(=O)CC[C@H](NC(=O)c3cc4ccc(OC)cc4oc3=O)C(=O)N12. The van der Waals surface area contributed by atoms with Crippen LogP contribution in [0.5, 0.6) is 5.75 Å². The lowest BCUT2D eigenvalue weighted by atomic mass is 10.0. The molecule has 0 spiro atoms. The van der Waals surface area contributed by atoms with Crippen molar-refractivity contribution in [3.63, 3.8) is 0 Å². The average molecular weight is 1180 g/mol. The van der Waals surface area contributed by atoms with Gasteiger partial charge in [0.25, 0.3) is 29.5 Å². The summed E-state index contributed by atoms with van der Waals surface area (Å²) >= 11 is 0. The number of carboxylic acids is 1. The Labute approximate surface area is 493 Å². The van der Waals surface area contributed by atoms with Crippen LogP contribution in [-0.2, 0) is 33.6 Å². The van der Waals surface area contributed by atoms with Crippen LogP contribution >= 0.6 is 0 Å². The highest BCUT2D eigenvalue weighted by Gasteiger charge is 2.45. The number of hydrogen-bond donors (Lipinski definition) is 7. The molecule has 0 unspecified atom stereocenters. The molecule has 2 saturated heterocycles. The third kappa shape index (κ3) is 19.1. The first kappa shape index (κ1) is 65.8. The van der Waals surface area contributed by atoms with Gasteiger partial charge < -0.3 is 44.8 Å². The number of benzene rings is 2. The van der Waals surface area contributed by atoms with Gasteiger partial charge in [0, 0.05) is 67.6 Å². The zero-order valence-corrected chi connectivity index (χ0v) is 49.3. The van der Waals surface area contributed by atoms with Crippen LogP contribution in [0.1, 0.15) is 183 Å². The van der Waals surface area contributed by atoms with E-state index in [0.717, 1.165) is 41.4 Å². The lowest BCUT2D eigenvalue weighted by Gasteiger charge is -2.43. The minimum absolute atomic E-state index is 0.00719. The normalized spacial score (nSPS) is 15.7. The summed E-state index contributed by atoms with van der Waals surface area (Å²) in [5, 5.41) is 22.9. The van der Waals surface area contributed by atoms with E-state index in [-0.39, 0.29) is 68.7 Å². The number of anilines is 1. The number of aliphatic carboxylic acids is 1. The van der Waals surface area contributed by atoms with Crippen molar-refractivity contribution in [2.75, 3.05) is 38.2 Å². The molecule has 0 saturated carbocycles. The number of fused-ring (bicyclic) bond motifs is 3. The van der Waals surface area contributed by atoms with Crippen molar-refractivity contribution in [1.29, 1.82) is 0 Å². The second kappa shape index (κ2) is 33.3. The molecule has 0 bridgehead atoms. The molecule has 24 nitrogen and oxygen atoms in total. The number of hydrazine groups is 2. The number of carbonyl (C=O) groups is 9. The molecule has 24 heteroatoms. The van der Waals surface area contributed by atoms with Gasteiger partial charge in [-0.25, -0.2) is 14.6 Å². The monoisotopic (exact) mass is 1180 g/mol. The number of rotatable bonds is 33. The summed E-state index contributed by atoms with van der Waals surface area (Å²) in [4.78, 5) is 150. The maximum absolute atomic E-state index is 14.3. The summed E-state index contributed by atoms with van der Waals surface area (Å²) in [7, 11) is 1.43. The summed E-state index contributed by atoms with van der Waals surface area (Å²) in [6.45, 7) is 7.85. The van der Waals surface area contributed by atoms with Crippen molar-refractivity contribution in [1.82, 2.24) is 42.1 Å². The molecule has 2 fully saturated rings. The predicted molar refractivity (Wildman–Crippen MR) is 316 cm³/mol. The minimum atomic E-state index is -1.89. The first-order valence-electron chi connectivity index (χ1n) is 30.0. The highest BCUT2D eigenvalue weighted by Crippen LogP contribution is 2.27. The molecule has 7 N–H and O–H groups in total. The third-order valence-electron chi connectivity index (χ3n) is 15.4. The highest BCUT2D eigenvalue weighted by molar-refractivity contribution is 6.02. The van der Waals surface area contributed by atoms with E-state index in [1.165, 1.54) is 83.1 Å². The van der Waals surface area contributed by atoms with Gasteiger partial charge >= 0.3 is 17.2 Å². The number of nitrogens with one attached hydrogen (secondary N) is 6. The van der Waals surface area contributed by atoms with E-state index in [4.69, 9.17) is 13.6 Å². The first-order chi connectivity index (χ1) is 41.0. The Balaban J connectivity index is 1.07. The van der Waals surface area contributed by atoms with Gasteiger partial charge in [0.1, 0.15) is 52.2 Å². The van der Waals surface area contributed by atoms with Gasteiger partial charge in [-0.15, -0.1) is 0 Å². The van der Waals surface area contributed by atoms with E-state index in [0.29, 0.717) is 42.5 Å². The van der Waals surface area contributed by atoms with Crippen molar-refractivity contribution >= 4 is 80.9 Å². The van der Waals surface area contributed by atoms with Crippen LogP contribution in [0, 0.1) is 0 Å². The van der Waals surface area contributed by atoms with Crippen LogP contribution in [0.2, 0.25) is 0 Å². The third-order valence-corrected chi connectivity index (χ3v) is 15.4. The zero-order valence-electron chi connectivity index (χ0n) is 49.3. The predicted octanol–water partition coefficient (Wildman–Crippen LogP) is 6.05. The van der Waals surface area contributed by atoms with Crippen LogP contribution in [0.3, 0.4) is 0 Å². The van der Waals surface area contributed by atoms with Gasteiger partial charge in [0.15, 0.2) is 0 Å². The number of carboxylic acid groups (broad SMARTS) is 1. The summed E-state index contributed by atoms with van der Waals surface area (Å²) in [6.07, 6.45) is 15.0. The molecule has 2 aliphatic rings. The van der Waals surface area contributed by atoms with E-state index in [1.807, 2.05) is 24.8 Å². The Bertz CT molecular complexity index is 3120. The molecule has 4 atom stereocenters. The molecule has 2 aromatic carbocycles. The lowest BCUT2D eigenvalue weighted by molar-refractivity contribution is -0.176. The van der Waals surface area contributed by atoms with Crippen LogP contribution in [0.4, 0.5) is 5.69 Å². The van der Waals surface area contributed by atoms with Gasteiger partial charge in [-0.1, -0.05) is 84.0 Å². The Morgan fingerprint density at radius 2 is 1.27 bits per heavy atom. The van der Waals surface area contributed by atoms with Gasteiger partial charge in [-0.3, -0.25) is 59.0 Å². The van der Waals surface area contributed by atoms with E-state index in [2.05, 4.69) is 39.0 Å². The Kier molecular flexibility index (Phi) is 25.8. The largest absolute Gasteiger partial charge is 0.497 e. The van der Waals surface area contributed by atoms with Crippen LogP contribution in [-0.4, -0.2) is 126 Å². The molecule has 85 heavy (non-hydrogen) atoms. The number of ether oxygens (including phenoxy) is 1. The molecule has 8 amide bonds. The number of unbranched alkanes of at least 4 members (excludes halogenated alkanes) is 13. The number of nitrogens with zero attached hydrogens (tertiary/aromatic N) is 3. The zero-order chi connectivity index (χ0) is 61.4. The summed E-state index contributed by atoms with van der Waals surface area (Å²) in [5.41, 5.74) is 2.66. The fourth-order valence-corrected chi connectivity index (χ4v) is 10.6. The molecule has 2 aliphatic heterocycles. The lowest BCUT2D eigenvalue weighted by Crippen LogP contribution is -2.65. The molecule has 4 heterocycles. The molecule has 462 valence electrons. The fourth-order valence-electron chi connectivity index (χ4n) is 10.6. The molecule has 6 rings (SSSR count). The fraction of sp³-hybridized carbons (Fsp3) is 0.557. The maximum atomic E-state index is 14.3. The summed E-state index contributed by atoms with van der Waals surface area (Å²) < 4.78 is 16.1. The number of methoxy groups -OCH3 is 1. The maximum Gasteiger partial charge on any atom is 0.349 e.